The number of fused-ring (bicyclic) bond motifs is 1. The molecule has 4 aromatic rings. The molecule has 0 spiro atoms. The van der Waals surface area contributed by atoms with Crippen LogP contribution >= 0.6 is 0 Å². The lowest BCUT2D eigenvalue weighted by molar-refractivity contribution is -0.350. The van der Waals surface area contributed by atoms with Crippen LogP contribution in [0.3, 0.4) is 0 Å². The number of esters is 1. The van der Waals surface area contributed by atoms with Gasteiger partial charge in [0.15, 0.2) is 47.6 Å². The summed E-state index contributed by atoms with van der Waals surface area (Å²) in [5, 5.41) is 102. The van der Waals surface area contributed by atoms with Crippen LogP contribution in [-0.2, 0) is 33.3 Å². The number of phenolic OH excluding ortho intramolecular Hbond substituents is 4. The van der Waals surface area contributed by atoms with E-state index in [9.17, 15) is 70.2 Å². The number of carboxylic acids is 2. The van der Waals surface area contributed by atoms with Gasteiger partial charge in [0.1, 0.15) is 58.4 Å². The van der Waals surface area contributed by atoms with E-state index in [1.54, 1.807) is 0 Å². The molecule has 0 radical (unpaired) electrons. The van der Waals surface area contributed by atoms with Gasteiger partial charge in [0.05, 0.1) is 0 Å². The standard InChI is InChI=1S/C36H32O20/c37-15-5-3-14(4-6-15)21-12-20(41)24-19(40)10-16(11-22(24)52-21)51-35-32(28(46)26(44)29(54-35)33(47)48)56-36-31(27(45)25(43)30(55-36)34(49)50)53-23(42)8-2-13-1-7-17(38)18(39)9-13/h1-12,25-32,35-40,43-46H,(H,47,48)(H,49,50)/b8-2+/t25-,26-,27-,28-,29-,30-,31+,32+,35+,36-/m0/s1. The van der Waals surface area contributed by atoms with Crippen molar-refractivity contribution in [1.82, 2.24) is 0 Å². The lowest BCUT2D eigenvalue weighted by atomic mass is 9.96. The first kappa shape index (κ1) is 39.4. The van der Waals surface area contributed by atoms with E-state index in [-0.39, 0.29) is 28.0 Å². The fourth-order valence-corrected chi connectivity index (χ4v) is 5.91. The zero-order valence-electron chi connectivity index (χ0n) is 28.3. The highest BCUT2D eigenvalue weighted by atomic mass is 16.8. The van der Waals surface area contributed by atoms with Crippen LogP contribution in [0.2, 0.25) is 0 Å². The number of carboxylic acid groups (broad SMARTS) is 2. The quantitative estimate of drug-likeness (QED) is 0.0562. The minimum atomic E-state index is -2.27. The van der Waals surface area contributed by atoms with Gasteiger partial charge >= 0.3 is 17.9 Å². The highest BCUT2D eigenvalue weighted by Crippen LogP contribution is 2.36. The number of carbonyl (C=O) groups excluding carboxylic acids is 1. The third-order valence-corrected chi connectivity index (χ3v) is 8.72. The fourth-order valence-electron chi connectivity index (χ4n) is 5.91. The van der Waals surface area contributed by atoms with Crippen LogP contribution in [0.15, 0.2) is 76.0 Å². The monoisotopic (exact) mass is 784 g/mol. The largest absolute Gasteiger partial charge is 0.508 e. The second kappa shape index (κ2) is 15.8. The van der Waals surface area contributed by atoms with Crippen molar-refractivity contribution in [2.45, 2.75) is 61.4 Å². The van der Waals surface area contributed by atoms with Crippen molar-refractivity contribution in [2.24, 2.45) is 0 Å². The molecule has 0 saturated carbocycles. The lowest BCUT2D eigenvalue weighted by Gasteiger charge is -2.45. The summed E-state index contributed by atoms with van der Waals surface area (Å²) in [6, 6.07) is 12.1. The highest BCUT2D eigenvalue weighted by molar-refractivity contribution is 5.88. The topological polar surface area (TPSA) is 330 Å². The molecule has 2 fully saturated rings. The number of hydrogen-bond donors (Lipinski definition) is 10. The molecule has 3 aromatic carbocycles. The Balaban J connectivity index is 1.33. The zero-order valence-corrected chi connectivity index (χ0v) is 28.3. The third kappa shape index (κ3) is 8.06. The zero-order chi connectivity index (χ0) is 40.6. The van der Waals surface area contributed by atoms with E-state index in [1.165, 1.54) is 30.3 Å². The van der Waals surface area contributed by atoms with Crippen LogP contribution in [0, 0.1) is 0 Å². The predicted molar refractivity (Wildman–Crippen MR) is 182 cm³/mol. The second-order valence-electron chi connectivity index (χ2n) is 12.5. The maximum atomic E-state index is 13.0. The van der Waals surface area contributed by atoms with Gasteiger partial charge in [0.25, 0.3) is 0 Å². The number of carbonyl (C=O) groups is 3. The van der Waals surface area contributed by atoms with E-state index in [4.69, 9.17) is 28.1 Å². The molecule has 56 heavy (non-hydrogen) atoms. The molecule has 20 nitrogen and oxygen atoms in total. The van der Waals surface area contributed by atoms with Crippen molar-refractivity contribution < 1.29 is 93.6 Å². The maximum absolute atomic E-state index is 13.0. The number of hydrogen-bond acceptors (Lipinski definition) is 18. The Morgan fingerprint density at radius 3 is 1.93 bits per heavy atom. The second-order valence-corrected chi connectivity index (χ2v) is 12.5. The molecule has 3 heterocycles. The molecule has 20 heteroatoms. The minimum Gasteiger partial charge on any atom is -0.508 e. The van der Waals surface area contributed by atoms with Crippen LogP contribution in [0.1, 0.15) is 5.56 Å². The van der Waals surface area contributed by atoms with Crippen molar-refractivity contribution >= 4 is 35.0 Å². The van der Waals surface area contributed by atoms with Gasteiger partial charge in [-0.25, -0.2) is 14.4 Å². The summed E-state index contributed by atoms with van der Waals surface area (Å²) in [5.41, 5.74) is -0.420. The van der Waals surface area contributed by atoms with Crippen LogP contribution in [0.4, 0.5) is 0 Å². The number of ether oxygens (including phenoxy) is 5. The first-order chi connectivity index (χ1) is 26.5. The first-order valence-corrected chi connectivity index (χ1v) is 16.3. The van der Waals surface area contributed by atoms with Gasteiger partial charge in [-0.3, -0.25) is 4.79 Å². The van der Waals surface area contributed by atoms with E-state index < -0.39 is 108 Å². The molecule has 10 atom stereocenters. The Hall–Kier alpha value is -6.26. The predicted octanol–water partition coefficient (Wildman–Crippen LogP) is -0.266. The summed E-state index contributed by atoms with van der Waals surface area (Å²) in [7, 11) is 0. The number of aromatic hydroxyl groups is 4. The van der Waals surface area contributed by atoms with Gasteiger partial charge in [0, 0.05) is 29.8 Å². The maximum Gasteiger partial charge on any atom is 0.335 e. The Kier molecular flexibility index (Phi) is 11.2. The number of aliphatic carboxylic acids is 2. The summed E-state index contributed by atoms with van der Waals surface area (Å²) in [4.78, 5) is 49.8. The lowest BCUT2D eigenvalue weighted by Crippen LogP contribution is -2.66. The molecule has 2 aliphatic rings. The fraction of sp³-hybridized carbons (Fsp3) is 0.278. The smallest absolute Gasteiger partial charge is 0.335 e. The van der Waals surface area contributed by atoms with Crippen LogP contribution < -0.4 is 10.2 Å². The number of aliphatic hydroxyl groups excluding tert-OH is 4. The van der Waals surface area contributed by atoms with Gasteiger partial charge < -0.3 is 79.2 Å². The van der Waals surface area contributed by atoms with Crippen LogP contribution in [0.5, 0.6) is 28.7 Å². The highest BCUT2D eigenvalue weighted by Gasteiger charge is 2.55. The van der Waals surface area contributed by atoms with Gasteiger partial charge in [-0.1, -0.05) is 6.07 Å². The van der Waals surface area contributed by atoms with Crippen molar-refractivity contribution in [2.75, 3.05) is 0 Å². The van der Waals surface area contributed by atoms with Crippen LogP contribution in [-0.4, -0.2) is 130 Å². The Bertz CT molecular complexity index is 2210. The molecule has 296 valence electrons. The first-order valence-electron chi connectivity index (χ1n) is 16.3. The van der Waals surface area contributed by atoms with Gasteiger partial charge in [-0.2, -0.15) is 0 Å². The van der Waals surface area contributed by atoms with Gasteiger partial charge in [0.2, 0.25) is 6.29 Å². The van der Waals surface area contributed by atoms with Crippen molar-refractivity contribution in [3.8, 4) is 40.1 Å². The molecule has 6 rings (SSSR count). The molecule has 0 amide bonds. The van der Waals surface area contributed by atoms with Crippen molar-refractivity contribution in [1.29, 1.82) is 0 Å². The number of benzene rings is 3. The molecular formula is C36H32O20. The molecule has 10 N–H and O–H groups in total. The van der Waals surface area contributed by atoms with E-state index >= 15 is 0 Å². The molecule has 1 aromatic heterocycles. The van der Waals surface area contributed by atoms with E-state index in [0.29, 0.717) is 5.56 Å². The normalized spacial score (nSPS) is 27.9. The minimum absolute atomic E-state index is 0.00140. The average Bonchev–Trinajstić information content (AvgIpc) is 3.14. The van der Waals surface area contributed by atoms with Gasteiger partial charge in [-0.15, -0.1) is 0 Å². The SMILES string of the molecule is O=C(/C=C/c1ccc(O)c(O)c1)O[C@H]1[C@H](O[C@H]2[C@H](Oc3cc(O)c4c(=O)cc(-c5ccc(O)cc5)oc4c3)O[C@H](C(=O)O)[C@@H](O)[C@@H]2O)O[C@H](C(=O)O)[C@@H](O)[C@@H]1O. The van der Waals surface area contributed by atoms with E-state index in [0.717, 1.165) is 42.5 Å². The molecule has 0 unspecified atom stereocenters. The molecule has 2 saturated heterocycles. The molecule has 0 bridgehead atoms. The number of rotatable bonds is 10. The third-order valence-electron chi connectivity index (χ3n) is 8.72. The van der Waals surface area contributed by atoms with E-state index in [1.807, 2.05) is 0 Å². The molecule has 0 aliphatic carbocycles. The van der Waals surface area contributed by atoms with Crippen LogP contribution in [0.25, 0.3) is 28.4 Å². The van der Waals surface area contributed by atoms with Gasteiger partial charge in [-0.05, 0) is 48.0 Å². The average molecular weight is 785 g/mol. The Morgan fingerprint density at radius 1 is 0.679 bits per heavy atom. The number of aliphatic hydroxyl groups is 4. The number of phenols is 4. The molecular weight excluding hydrogens is 752 g/mol. The van der Waals surface area contributed by atoms with E-state index in [2.05, 4.69) is 0 Å². The van der Waals surface area contributed by atoms with Crippen molar-refractivity contribution in [3.63, 3.8) is 0 Å². The summed E-state index contributed by atoms with van der Waals surface area (Å²) >= 11 is 0. The summed E-state index contributed by atoms with van der Waals surface area (Å²) in [6.45, 7) is 0. The Morgan fingerprint density at radius 2 is 1.30 bits per heavy atom. The Labute approximate surface area is 312 Å². The summed E-state index contributed by atoms with van der Waals surface area (Å²) in [5.74, 6) is -6.98. The summed E-state index contributed by atoms with van der Waals surface area (Å²) < 4.78 is 33.3. The molecule has 2 aliphatic heterocycles. The van der Waals surface area contributed by atoms with Crippen molar-refractivity contribution in [3.05, 3.63) is 82.5 Å². The summed E-state index contributed by atoms with van der Waals surface area (Å²) in [6.07, 6.45) is -20.0.